The first-order valence-corrected chi connectivity index (χ1v) is 11.2. The van der Waals surface area contributed by atoms with Crippen molar-refractivity contribution in [2.24, 2.45) is 11.5 Å². The second-order valence-corrected chi connectivity index (χ2v) is 5.62. The highest BCUT2D eigenvalue weighted by atomic mass is 31.1. The van der Waals surface area contributed by atoms with Gasteiger partial charge in [0.2, 0.25) is 0 Å². The second kappa shape index (κ2) is 29.7. The van der Waals surface area contributed by atoms with Crippen molar-refractivity contribution >= 4 is 39.0 Å². The van der Waals surface area contributed by atoms with E-state index in [1.165, 1.54) is 0 Å². The fourth-order valence-corrected chi connectivity index (χ4v) is 0.632. The Morgan fingerprint density at radius 1 is 0.731 bits per heavy atom. The van der Waals surface area contributed by atoms with Gasteiger partial charge in [-0.05, 0) is 19.4 Å². The minimum atomic E-state index is -3.13. The summed E-state index contributed by atoms with van der Waals surface area (Å²) in [7, 11) is -12.5. The summed E-state index contributed by atoms with van der Waals surface area (Å²) < 4.78 is 35.0. The predicted molar refractivity (Wildman–Crippen MR) is 92.3 cm³/mol. The van der Waals surface area contributed by atoms with Crippen molar-refractivity contribution < 1.29 is 67.3 Å². The van der Waals surface area contributed by atoms with Crippen LogP contribution < -0.4 is 11.5 Å². The summed E-state index contributed by atoms with van der Waals surface area (Å²) in [6, 6.07) is -0.716. The maximum Gasteiger partial charge on any atom is 0.320 e. The molecular weight excluding hydrogens is 448 g/mol. The van der Waals surface area contributed by atoms with Gasteiger partial charge < -0.3 is 55.7 Å². The Balaban J connectivity index is -0.0000000776. The third-order valence-corrected chi connectivity index (χ3v) is 1.29. The molecule has 0 rings (SSSR count). The number of carboxylic acid groups (broad SMARTS) is 1. The molecule has 0 amide bonds. The number of unbranched alkanes of at least 4 members (excludes halogenated alkanes) is 1. The van der Waals surface area contributed by atoms with Crippen LogP contribution in [0.4, 0.5) is 0 Å². The fourth-order valence-electron chi connectivity index (χ4n) is 0.632. The number of carboxylic acids is 1. The molecule has 1 atom stereocenters. The zero-order valence-electron chi connectivity index (χ0n) is 13.1. The van der Waals surface area contributed by atoms with Crippen LogP contribution >= 0.6 is 33.0 Å². The van der Waals surface area contributed by atoms with Gasteiger partial charge in [-0.1, -0.05) is 6.42 Å². The van der Waals surface area contributed by atoms with E-state index in [0.717, 1.165) is 12.8 Å². The molecule has 0 aliphatic heterocycles. The number of hydrogen-bond acceptors (Lipinski definition) is 7. The molecule has 0 aromatic heterocycles. The molecule has 0 saturated carbocycles. The highest BCUT2D eigenvalue weighted by Crippen LogP contribution is 1.99. The summed E-state index contributed by atoms with van der Waals surface area (Å²) in [5.74, 6) is -0.933. The van der Waals surface area contributed by atoms with Crippen molar-refractivity contribution in [2.75, 3.05) is 6.54 Å². The van der Waals surface area contributed by atoms with Crippen molar-refractivity contribution in [3.8, 4) is 0 Å². The lowest BCUT2D eigenvalue weighted by atomic mass is 10.1. The minimum absolute atomic E-state index is 0.520. The Labute approximate surface area is 150 Å². The molecule has 0 unspecified atom stereocenters. The Morgan fingerprint density at radius 3 is 1.12 bits per heavy atom. The van der Waals surface area contributed by atoms with Gasteiger partial charge in [0, 0.05) is 0 Å². The van der Waals surface area contributed by atoms with Gasteiger partial charge in [-0.3, -0.25) is 23.1 Å². The number of carbonyl (C=O) groups is 1. The maximum atomic E-state index is 10.1. The van der Waals surface area contributed by atoms with Crippen molar-refractivity contribution in [2.45, 2.75) is 25.3 Å². The summed E-state index contributed by atoms with van der Waals surface area (Å²) in [6.07, 6.45) is 2.16. The van der Waals surface area contributed by atoms with E-state index in [1.807, 2.05) is 0 Å². The van der Waals surface area contributed by atoms with Crippen molar-refractivity contribution in [1.29, 1.82) is 0 Å². The monoisotopic (exact) mass is 474 g/mol. The number of aliphatic carboxylic acids is 1. The largest absolute Gasteiger partial charge is 0.480 e. The molecule has 20 heteroatoms. The third kappa shape index (κ3) is 157. The van der Waals surface area contributed by atoms with Gasteiger partial charge in [0.25, 0.3) is 0 Å². The average molecular weight is 474 g/mol. The van der Waals surface area contributed by atoms with Crippen molar-refractivity contribution in [1.82, 2.24) is 0 Å². The van der Waals surface area contributed by atoms with Crippen molar-refractivity contribution in [3.05, 3.63) is 0 Å². The molecule has 0 aliphatic carbocycles. The van der Waals surface area contributed by atoms with Gasteiger partial charge in [-0.25, -0.2) is 0 Å². The number of hydrogen-bond donors (Lipinski definition) is 11. The van der Waals surface area contributed by atoms with E-state index in [-0.39, 0.29) is 0 Å². The first-order valence-electron chi connectivity index (χ1n) is 5.97. The molecule has 26 heavy (non-hydrogen) atoms. The van der Waals surface area contributed by atoms with Crippen LogP contribution in [0.1, 0.15) is 19.3 Å². The Kier molecular flexibility index (Phi) is 42.1. The van der Waals surface area contributed by atoms with Crippen molar-refractivity contribution in [3.63, 3.8) is 0 Å². The lowest BCUT2D eigenvalue weighted by molar-refractivity contribution is -0.138. The molecule has 0 aromatic carbocycles. The van der Waals surface area contributed by atoms with Crippen LogP contribution in [0.3, 0.4) is 0 Å². The first kappa shape index (κ1) is 36.8. The minimum Gasteiger partial charge on any atom is -0.480 e. The van der Waals surface area contributed by atoms with Crippen LogP contribution in [0.5, 0.6) is 0 Å². The lowest BCUT2D eigenvalue weighted by Crippen LogP contribution is -2.29. The molecule has 0 spiro atoms. The smallest absolute Gasteiger partial charge is 0.320 e. The molecule has 0 bridgehead atoms. The van der Waals surface area contributed by atoms with Crippen LogP contribution in [0.2, 0.25) is 0 Å². The highest BCUT2D eigenvalue weighted by molar-refractivity contribution is 7.31. The normalized spacial score (nSPS) is 10.4. The van der Waals surface area contributed by atoms with E-state index in [4.69, 9.17) is 74.0 Å². The van der Waals surface area contributed by atoms with E-state index in [2.05, 4.69) is 0 Å². The van der Waals surface area contributed by atoms with E-state index >= 15 is 0 Å². The Morgan fingerprint density at radius 2 is 0.962 bits per heavy atom. The summed E-state index contributed by atoms with van der Waals surface area (Å²) in [6.45, 7) is 0.604. The molecule has 0 aliphatic rings. The van der Waals surface area contributed by atoms with Gasteiger partial charge in [0.15, 0.2) is 0 Å². The van der Waals surface area contributed by atoms with Gasteiger partial charge >= 0.3 is 39.0 Å². The first-order chi connectivity index (χ1) is 11.6. The van der Waals surface area contributed by atoms with E-state index in [0.29, 0.717) is 13.0 Å². The zero-order chi connectivity index (χ0) is 22.3. The molecular formula is C6H26N2O14P4. The van der Waals surface area contributed by atoms with Crippen LogP contribution in [0.15, 0.2) is 0 Å². The van der Waals surface area contributed by atoms with E-state index in [9.17, 15) is 4.79 Å². The quantitative estimate of drug-likeness (QED) is 0.139. The molecule has 16 nitrogen and oxygen atoms in total. The molecule has 0 fully saturated rings. The SMILES string of the molecule is NCCCC[C@H](N)C(=O)O.O=[PH](O)O.O=[PH](O)O.O=[PH](O)O.O=[PH](O)O. The van der Waals surface area contributed by atoms with Crippen LogP contribution in [0.25, 0.3) is 0 Å². The standard InChI is InChI=1S/C6H14N2O2.4H3O3P/c7-4-2-1-3-5(8)6(9)10;4*1-4(2)3/h5H,1-4,7-8H2,(H,9,10);4*4H,(H2,1,2,3)/t5-;;;;/m0..../s1. The van der Waals surface area contributed by atoms with Gasteiger partial charge in [-0.15, -0.1) is 0 Å². The van der Waals surface area contributed by atoms with Crippen LogP contribution in [0, 0.1) is 0 Å². The summed E-state index contributed by atoms with van der Waals surface area (Å²) in [4.78, 5) is 67.4. The fraction of sp³-hybridized carbons (Fsp3) is 0.833. The highest BCUT2D eigenvalue weighted by Gasteiger charge is 2.09. The summed E-state index contributed by atoms with van der Waals surface area (Å²) in [5, 5.41) is 8.33. The third-order valence-electron chi connectivity index (χ3n) is 1.29. The van der Waals surface area contributed by atoms with Gasteiger partial charge in [0.1, 0.15) is 6.04 Å². The molecule has 164 valence electrons. The summed E-state index contributed by atoms with van der Waals surface area (Å²) in [5.41, 5.74) is 10.4. The second-order valence-electron chi connectivity index (χ2n) is 3.36. The molecule has 0 aromatic rings. The molecule has 13 N–H and O–H groups in total. The van der Waals surface area contributed by atoms with Gasteiger partial charge in [-0.2, -0.15) is 0 Å². The number of nitrogens with two attached hydrogens (primary N) is 2. The maximum absolute atomic E-state index is 10.1. The van der Waals surface area contributed by atoms with Gasteiger partial charge in [0.05, 0.1) is 0 Å². The number of rotatable bonds is 5. The Hall–Kier alpha value is -0.0100. The molecule has 0 radical (unpaired) electrons. The Bertz CT molecular complexity index is 345. The topological polar surface area (TPSA) is 319 Å². The lowest BCUT2D eigenvalue weighted by Gasteiger charge is -2.03. The molecule has 0 saturated heterocycles. The zero-order valence-corrected chi connectivity index (χ0v) is 17.1. The molecule has 0 heterocycles. The van der Waals surface area contributed by atoms with Crippen LogP contribution in [-0.2, 0) is 23.1 Å². The van der Waals surface area contributed by atoms with E-state index < -0.39 is 45.0 Å². The predicted octanol–water partition coefficient (Wildman–Crippen LogP) is -3.03. The van der Waals surface area contributed by atoms with Crippen LogP contribution in [-0.4, -0.2) is 62.8 Å². The average Bonchev–Trinajstić information content (AvgIpc) is 2.35. The van der Waals surface area contributed by atoms with E-state index in [1.54, 1.807) is 0 Å². The summed E-state index contributed by atoms with van der Waals surface area (Å²) >= 11 is 0.